The van der Waals surface area contributed by atoms with E-state index in [2.05, 4.69) is 20.6 Å². The predicted octanol–water partition coefficient (Wildman–Crippen LogP) is 2.18. The molecule has 1 aliphatic heterocycles. The summed E-state index contributed by atoms with van der Waals surface area (Å²) in [5.41, 5.74) is 2.38. The van der Waals surface area contributed by atoms with Crippen LogP contribution in [0.15, 0.2) is 42.9 Å². The van der Waals surface area contributed by atoms with Gasteiger partial charge < -0.3 is 15.4 Å². The molecule has 9 nitrogen and oxygen atoms in total. The van der Waals surface area contributed by atoms with E-state index in [9.17, 15) is 19.2 Å². The van der Waals surface area contributed by atoms with Crippen molar-refractivity contribution in [3.8, 4) is 0 Å². The number of nitrogens with one attached hydrogen (secondary N) is 2. The van der Waals surface area contributed by atoms with Crippen molar-refractivity contribution >= 4 is 23.6 Å². The summed E-state index contributed by atoms with van der Waals surface area (Å²) < 4.78 is 5.25. The maximum Gasteiger partial charge on any atom is 0.408 e. The third-order valence-electron chi connectivity index (χ3n) is 5.77. The van der Waals surface area contributed by atoms with Crippen molar-refractivity contribution < 1.29 is 23.9 Å². The summed E-state index contributed by atoms with van der Waals surface area (Å²) in [6, 6.07) is 8.34. The molecule has 2 N–H and O–H groups in total. The number of nitrogens with zero attached hydrogens (tertiary/aromatic N) is 2. The van der Waals surface area contributed by atoms with Gasteiger partial charge in [-0.2, -0.15) is 0 Å². The summed E-state index contributed by atoms with van der Waals surface area (Å²) in [6.45, 7) is 4.02. The first-order valence-electron chi connectivity index (χ1n) is 11.4. The lowest BCUT2D eigenvalue weighted by Gasteiger charge is -2.24. The molecule has 0 saturated heterocycles. The zero-order valence-electron chi connectivity index (χ0n) is 19.5. The normalized spacial score (nSPS) is 17.3. The first-order chi connectivity index (χ1) is 16.3. The summed E-state index contributed by atoms with van der Waals surface area (Å²) in [4.78, 5) is 59.1. The van der Waals surface area contributed by atoms with Crippen LogP contribution in [0.3, 0.4) is 0 Å². The molecule has 2 unspecified atom stereocenters. The van der Waals surface area contributed by atoms with Crippen molar-refractivity contribution in [3.63, 3.8) is 0 Å². The van der Waals surface area contributed by atoms with Gasteiger partial charge in [-0.05, 0) is 29.9 Å². The van der Waals surface area contributed by atoms with Gasteiger partial charge in [-0.3, -0.25) is 14.4 Å². The van der Waals surface area contributed by atoms with Crippen LogP contribution < -0.4 is 10.6 Å². The molecule has 2 amide bonds. The van der Waals surface area contributed by atoms with Gasteiger partial charge in [0.05, 0.1) is 6.04 Å². The average molecular weight is 467 g/mol. The van der Waals surface area contributed by atoms with Gasteiger partial charge in [-0.15, -0.1) is 0 Å². The highest BCUT2D eigenvalue weighted by molar-refractivity contribution is 6.37. The number of fused-ring (bicyclic) bond motifs is 1. The fourth-order valence-corrected chi connectivity index (χ4v) is 3.90. The largest absolute Gasteiger partial charge is 0.445 e. The summed E-state index contributed by atoms with van der Waals surface area (Å²) in [6.07, 6.45) is 3.66. The molecule has 0 aliphatic carbocycles. The lowest BCUT2D eigenvalue weighted by atomic mass is 9.86. The number of carbonyl (C=O) groups excluding carboxylic acids is 4. The molecule has 9 heteroatoms. The van der Waals surface area contributed by atoms with Crippen molar-refractivity contribution in [2.24, 2.45) is 11.8 Å². The van der Waals surface area contributed by atoms with Gasteiger partial charge in [-0.1, -0.05) is 44.2 Å². The molecule has 0 spiro atoms. The number of carbonyl (C=O) groups is 4. The monoisotopic (exact) mass is 466 g/mol. The third-order valence-corrected chi connectivity index (χ3v) is 5.77. The number of Topliss-reactive ketones (excluding diaryl/α,β-unsaturated/α-hetero) is 2. The molecule has 1 aliphatic rings. The van der Waals surface area contributed by atoms with Gasteiger partial charge in [0.2, 0.25) is 5.78 Å². The van der Waals surface area contributed by atoms with Gasteiger partial charge in [0.15, 0.2) is 5.78 Å². The number of benzene rings is 1. The molecule has 2 atom stereocenters. The van der Waals surface area contributed by atoms with Gasteiger partial charge in [-0.25, -0.2) is 14.8 Å². The van der Waals surface area contributed by atoms with Crippen LogP contribution in [-0.2, 0) is 38.6 Å². The van der Waals surface area contributed by atoms with Gasteiger partial charge in [0, 0.05) is 37.2 Å². The minimum atomic E-state index is -0.886. The Labute approximate surface area is 198 Å². The average Bonchev–Trinajstić information content (AvgIpc) is 2.83. The Balaban J connectivity index is 1.70. The van der Waals surface area contributed by atoms with Crippen LogP contribution in [0.2, 0.25) is 0 Å². The Morgan fingerprint density at radius 2 is 1.97 bits per heavy atom. The molecule has 1 aromatic carbocycles. The van der Waals surface area contributed by atoms with E-state index in [0.29, 0.717) is 25.1 Å². The maximum absolute atomic E-state index is 13.2. The van der Waals surface area contributed by atoms with Gasteiger partial charge >= 0.3 is 6.09 Å². The number of hydrogen-bond acceptors (Lipinski definition) is 7. The Morgan fingerprint density at radius 1 is 1.21 bits per heavy atom. The van der Waals surface area contributed by atoms with E-state index in [0.717, 1.165) is 11.1 Å². The van der Waals surface area contributed by atoms with Crippen LogP contribution in [0, 0.1) is 11.8 Å². The van der Waals surface area contributed by atoms with E-state index in [-0.39, 0.29) is 31.1 Å². The summed E-state index contributed by atoms with van der Waals surface area (Å²) in [7, 11) is 0. The van der Waals surface area contributed by atoms with Crippen LogP contribution in [0.4, 0.5) is 4.79 Å². The van der Waals surface area contributed by atoms with E-state index in [1.807, 2.05) is 30.3 Å². The Hall–Kier alpha value is -3.62. The van der Waals surface area contributed by atoms with Crippen molar-refractivity contribution in [3.05, 3.63) is 59.7 Å². The molecule has 34 heavy (non-hydrogen) atoms. The summed E-state index contributed by atoms with van der Waals surface area (Å²) >= 11 is 0. The fraction of sp³-hybridized carbons (Fsp3) is 0.440. The standard InChI is InChI=1S/C25H30N4O5/c1-16(2)22(29-25(33)34-14-17-7-4-3-5-8-17)21(30)12-19-11-20-18(13-26-15-28-20)9-6-10-27-24(32)23(19)31/h3-5,7-8,13,15-16,19,22H,6,9-12,14H2,1-2H3,(H,27,32)(H,29,33). The maximum atomic E-state index is 13.2. The number of rotatable bonds is 7. The van der Waals surface area contributed by atoms with Crippen LogP contribution >= 0.6 is 0 Å². The molecule has 1 aromatic heterocycles. The zero-order chi connectivity index (χ0) is 24.5. The first kappa shape index (κ1) is 25.0. The van der Waals surface area contributed by atoms with E-state index in [1.165, 1.54) is 6.33 Å². The minimum Gasteiger partial charge on any atom is -0.445 e. The number of hydrogen-bond donors (Lipinski definition) is 2. The molecule has 2 aromatic rings. The van der Waals surface area contributed by atoms with Gasteiger partial charge in [0.25, 0.3) is 5.91 Å². The van der Waals surface area contributed by atoms with Crippen LogP contribution in [0.5, 0.6) is 0 Å². The second-order valence-electron chi connectivity index (χ2n) is 8.72. The molecule has 3 rings (SSSR count). The highest BCUT2D eigenvalue weighted by Crippen LogP contribution is 2.20. The number of amides is 2. The molecule has 0 bridgehead atoms. The Kier molecular flexibility index (Phi) is 8.84. The van der Waals surface area contributed by atoms with Crippen molar-refractivity contribution in [1.82, 2.24) is 20.6 Å². The topological polar surface area (TPSA) is 127 Å². The molecule has 0 fully saturated rings. The quantitative estimate of drug-likeness (QED) is 0.599. The second-order valence-corrected chi connectivity index (χ2v) is 8.72. The number of ether oxygens (including phenoxy) is 1. The molecule has 2 heterocycles. The second kappa shape index (κ2) is 12.0. The Bertz CT molecular complexity index is 1020. The number of aryl methyl sites for hydroxylation is 1. The van der Waals surface area contributed by atoms with Crippen molar-refractivity contribution in [1.29, 1.82) is 0 Å². The Morgan fingerprint density at radius 3 is 2.71 bits per heavy atom. The predicted molar refractivity (Wildman–Crippen MR) is 124 cm³/mol. The van der Waals surface area contributed by atoms with Crippen LogP contribution in [-0.4, -0.2) is 46.1 Å². The summed E-state index contributed by atoms with van der Waals surface area (Å²) in [5, 5.41) is 5.25. The van der Waals surface area contributed by atoms with Crippen LogP contribution in [0.25, 0.3) is 0 Å². The minimum absolute atomic E-state index is 0.0729. The molecule has 0 saturated carbocycles. The highest BCUT2D eigenvalue weighted by atomic mass is 16.5. The van der Waals surface area contributed by atoms with Gasteiger partial charge in [0.1, 0.15) is 12.9 Å². The lowest BCUT2D eigenvalue weighted by molar-refractivity contribution is -0.141. The third kappa shape index (κ3) is 6.94. The van der Waals surface area contributed by atoms with Crippen molar-refractivity contribution in [2.75, 3.05) is 6.54 Å². The van der Waals surface area contributed by atoms with Crippen molar-refractivity contribution in [2.45, 2.75) is 52.2 Å². The molecule has 180 valence electrons. The zero-order valence-corrected chi connectivity index (χ0v) is 19.5. The first-order valence-corrected chi connectivity index (χ1v) is 11.4. The van der Waals surface area contributed by atoms with E-state index >= 15 is 0 Å². The van der Waals surface area contributed by atoms with E-state index in [4.69, 9.17) is 4.74 Å². The number of alkyl carbamates (subject to hydrolysis) is 1. The number of aromatic nitrogens is 2. The SMILES string of the molecule is CC(C)C(NC(=O)OCc1ccccc1)C(=O)CC1Cc2ncncc2CCCNC(=O)C1=O. The molecular formula is C25H30N4O5. The smallest absolute Gasteiger partial charge is 0.408 e. The molecular weight excluding hydrogens is 436 g/mol. The molecule has 0 radical (unpaired) electrons. The van der Waals surface area contributed by atoms with E-state index < -0.39 is 29.7 Å². The number of ketones is 2. The summed E-state index contributed by atoms with van der Waals surface area (Å²) in [5.74, 6) is -2.83. The van der Waals surface area contributed by atoms with E-state index in [1.54, 1.807) is 20.0 Å². The highest BCUT2D eigenvalue weighted by Gasteiger charge is 2.33. The lowest BCUT2D eigenvalue weighted by Crippen LogP contribution is -2.46. The fourth-order valence-electron chi connectivity index (χ4n) is 3.90. The van der Waals surface area contributed by atoms with Crippen LogP contribution in [0.1, 0.15) is 43.5 Å².